The monoisotopic (exact) mass is 333 g/mol. The molecule has 2 N–H and O–H groups in total. The third-order valence-corrected chi connectivity index (χ3v) is 3.46. The van der Waals surface area contributed by atoms with Crippen molar-refractivity contribution in [2.24, 2.45) is 0 Å². The van der Waals surface area contributed by atoms with E-state index in [1.54, 1.807) is 4.57 Å². The van der Waals surface area contributed by atoms with Crippen molar-refractivity contribution in [2.75, 3.05) is 12.8 Å². The molecule has 1 aromatic heterocycles. The van der Waals surface area contributed by atoms with Crippen molar-refractivity contribution in [1.29, 1.82) is 5.26 Å². The molecule has 0 spiro atoms. The number of methoxy groups -OCH3 is 1. The molecule has 20 heavy (non-hydrogen) atoms. The van der Waals surface area contributed by atoms with Crippen LogP contribution < -0.4 is 5.73 Å². The summed E-state index contributed by atoms with van der Waals surface area (Å²) in [6.07, 6.45) is 1.54. The molecule has 0 atom stereocenters. The van der Waals surface area contributed by atoms with E-state index >= 15 is 0 Å². The summed E-state index contributed by atoms with van der Waals surface area (Å²) in [5.41, 5.74) is 8.09. The predicted octanol–water partition coefficient (Wildman–Crippen LogP) is 2.79. The molecule has 6 heteroatoms. The number of aryl methyl sites for hydroxylation is 1. The van der Waals surface area contributed by atoms with Crippen molar-refractivity contribution >= 4 is 27.6 Å². The molecule has 0 saturated carbocycles. The summed E-state index contributed by atoms with van der Waals surface area (Å²) in [6, 6.07) is 7.58. The summed E-state index contributed by atoms with van der Waals surface area (Å²) < 4.78 is 7.26. The molecule has 0 amide bonds. The number of nitriles is 1. The van der Waals surface area contributed by atoms with Gasteiger partial charge in [-0.2, -0.15) is 5.26 Å². The Morgan fingerprint density at radius 2 is 2.20 bits per heavy atom. The first-order chi connectivity index (χ1) is 9.49. The number of anilines is 1. The Hall–Kier alpha value is -2.26. The predicted molar refractivity (Wildman–Crippen MR) is 78.7 cm³/mol. The van der Waals surface area contributed by atoms with Crippen LogP contribution in [0.3, 0.4) is 0 Å². The van der Waals surface area contributed by atoms with Crippen LogP contribution in [-0.2, 0) is 4.74 Å². The second-order valence-electron chi connectivity index (χ2n) is 4.21. The second-order valence-corrected chi connectivity index (χ2v) is 5.12. The van der Waals surface area contributed by atoms with Crippen LogP contribution in [0.1, 0.15) is 21.6 Å². The third-order valence-electron chi connectivity index (χ3n) is 2.96. The maximum atomic E-state index is 11.9. The number of rotatable bonds is 2. The second kappa shape index (κ2) is 5.39. The highest BCUT2D eigenvalue weighted by Crippen LogP contribution is 2.27. The standard InChI is InChI=1S/C14H12BrN3O2/c1-8-5-10(15)3-4-11(8)18-7-9(6-16)12(17)13(18)14(19)20-2/h3-5,7H,17H2,1-2H3. The number of aromatic nitrogens is 1. The van der Waals surface area contributed by atoms with E-state index < -0.39 is 5.97 Å². The molecule has 0 unspecified atom stereocenters. The van der Waals surface area contributed by atoms with Crippen molar-refractivity contribution in [3.63, 3.8) is 0 Å². The van der Waals surface area contributed by atoms with Crippen LogP contribution >= 0.6 is 15.9 Å². The number of benzene rings is 1. The lowest BCUT2D eigenvalue weighted by Gasteiger charge is -2.11. The summed E-state index contributed by atoms with van der Waals surface area (Å²) in [6.45, 7) is 1.91. The number of halogens is 1. The Balaban J connectivity index is 2.74. The number of esters is 1. The van der Waals surface area contributed by atoms with E-state index in [0.717, 1.165) is 15.7 Å². The Kier molecular flexibility index (Phi) is 3.81. The maximum Gasteiger partial charge on any atom is 0.357 e. The highest BCUT2D eigenvalue weighted by Gasteiger charge is 2.22. The first-order valence-corrected chi connectivity index (χ1v) is 6.54. The fraction of sp³-hybridized carbons (Fsp3) is 0.143. The number of nitrogens with zero attached hydrogens (tertiary/aromatic N) is 2. The van der Waals surface area contributed by atoms with Crippen molar-refractivity contribution in [1.82, 2.24) is 4.57 Å². The van der Waals surface area contributed by atoms with Crippen LogP contribution in [0.15, 0.2) is 28.9 Å². The van der Waals surface area contributed by atoms with Gasteiger partial charge in [-0.05, 0) is 30.7 Å². The van der Waals surface area contributed by atoms with Crippen molar-refractivity contribution < 1.29 is 9.53 Å². The van der Waals surface area contributed by atoms with Crippen molar-refractivity contribution in [3.05, 3.63) is 45.7 Å². The minimum atomic E-state index is -0.577. The molecule has 1 aromatic carbocycles. The summed E-state index contributed by atoms with van der Waals surface area (Å²) in [4.78, 5) is 11.9. The summed E-state index contributed by atoms with van der Waals surface area (Å²) in [7, 11) is 1.28. The van der Waals surface area contributed by atoms with E-state index in [9.17, 15) is 4.79 Å². The molecule has 1 heterocycles. The van der Waals surface area contributed by atoms with Gasteiger partial charge in [0.05, 0.1) is 18.4 Å². The summed E-state index contributed by atoms with van der Waals surface area (Å²) in [5, 5.41) is 9.07. The van der Waals surface area contributed by atoms with Crippen molar-refractivity contribution in [3.8, 4) is 11.8 Å². The molecule has 0 aliphatic heterocycles. The smallest absolute Gasteiger partial charge is 0.357 e. The van der Waals surface area contributed by atoms with Crippen LogP contribution in [0.2, 0.25) is 0 Å². The lowest BCUT2D eigenvalue weighted by molar-refractivity contribution is 0.0593. The zero-order valence-electron chi connectivity index (χ0n) is 11.0. The molecular formula is C14H12BrN3O2. The average Bonchev–Trinajstić information content (AvgIpc) is 2.74. The number of hydrogen-bond donors (Lipinski definition) is 1. The van der Waals surface area contributed by atoms with Gasteiger partial charge in [-0.25, -0.2) is 4.79 Å². The Labute approximate surface area is 124 Å². The minimum Gasteiger partial charge on any atom is -0.464 e. The lowest BCUT2D eigenvalue weighted by Crippen LogP contribution is -2.11. The average molecular weight is 334 g/mol. The Morgan fingerprint density at radius 3 is 2.75 bits per heavy atom. The molecule has 0 bridgehead atoms. The van der Waals surface area contributed by atoms with Gasteiger partial charge in [-0.1, -0.05) is 15.9 Å². The number of carbonyl (C=O) groups excluding carboxylic acids is 1. The highest BCUT2D eigenvalue weighted by atomic mass is 79.9. The SMILES string of the molecule is COC(=O)c1c(N)c(C#N)cn1-c1ccc(Br)cc1C. The number of nitrogens with two attached hydrogens (primary N) is 1. The number of nitrogen functional groups attached to an aromatic ring is 1. The van der Waals surface area contributed by atoms with E-state index in [-0.39, 0.29) is 16.9 Å². The zero-order chi connectivity index (χ0) is 14.9. The molecule has 5 nitrogen and oxygen atoms in total. The van der Waals surface area contributed by atoms with E-state index in [1.807, 2.05) is 31.2 Å². The third kappa shape index (κ3) is 2.28. The normalized spacial score (nSPS) is 10.1. The quantitative estimate of drug-likeness (QED) is 0.857. The van der Waals surface area contributed by atoms with Gasteiger partial charge in [0.2, 0.25) is 0 Å². The van der Waals surface area contributed by atoms with E-state index in [1.165, 1.54) is 13.3 Å². The highest BCUT2D eigenvalue weighted by molar-refractivity contribution is 9.10. The topological polar surface area (TPSA) is 81.0 Å². The Morgan fingerprint density at radius 1 is 1.50 bits per heavy atom. The van der Waals surface area contributed by atoms with Gasteiger partial charge in [-0.15, -0.1) is 0 Å². The number of hydrogen-bond acceptors (Lipinski definition) is 4. The molecular weight excluding hydrogens is 322 g/mol. The first kappa shape index (κ1) is 14.2. The first-order valence-electron chi connectivity index (χ1n) is 5.75. The molecule has 0 aliphatic carbocycles. The van der Waals surface area contributed by atoms with E-state index in [2.05, 4.69) is 15.9 Å². The zero-order valence-corrected chi connectivity index (χ0v) is 12.6. The van der Waals surface area contributed by atoms with Crippen LogP contribution in [-0.4, -0.2) is 17.6 Å². The van der Waals surface area contributed by atoms with Gasteiger partial charge in [-0.3, -0.25) is 0 Å². The van der Waals surface area contributed by atoms with E-state index in [0.29, 0.717) is 0 Å². The van der Waals surface area contributed by atoms with Crippen LogP contribution in [0.4, 0.5) is 5.69 Å². The van der Waals surface area contributed by atoms with Crippen molar-refractivity contribution in [2.45, 2.75) is 6.92 Å². The number of carbonyl (C=O) groups is 1. The molecule has 0 aliphatic rings. The van der Waals surface area contributed by atoms with Gasteiger partial charge >= 0.3 is 5.97 Å². The van der Waals surface area contributed by atoms with Crippen LogP contribution in [0, 0.1) is 18.3 Å². The Bertz CT molecular complexity index is 729. The molecule has 0 fully saturated rings. The molecule has 0 radical (unpaired) electrons. The molecule has 2 aromatic rings. The summed E-state index contributed by atoms with van der Waals surface area (Å²) in [5.74, 6) is -0.577. The van der Waals surface area contributed by atoms with Crippen LogP contribution in [0.25, 0.3) is 5.69 Å². The lowest BCUT2D eigenvalue weighted by atomic mass is 10.2. The van der Waals surface area contributed by atoms with Gasteiger partial charge in [0.1, 0.15) is 6.07 Å². The van der Waals surface area contributed by atoms with Gasteiger partial charge in [0.15, 0.2) is 5.69 Å². The van der Waals surface area contributed by atoms with Crippen LogP contribution in [0.5, 0.6) is 0 Å². The van der Waals surface area contributed by atoms with Gasteiger partial charge in [0.25, 0.3) is 0 Å². The van der Waals surface area contributed by atoms with Gasteiger partial charge < -0.3 is 15.0 Å². The number of ether oxygens (including phenoxy) is 1. The van der Waals surface area contributed by atoms with E-state index in [4.69, 9.17) is 15.7 Å². The molecule has 2 rings (SSSR count). The summed E-state index contributed by atoms with van der Waals surface area (Å²) >= 11 is 3.39. The molecule has 0 saturated heterocycles. The molecule has 102 valence electrons. The largest absolute Gasteiger partial charge is 0.464 e. The maximum absolute atomic E-state index is 11.9. The fourth-order valence-electron chi connectivity index (χ4n) is 1.99. The van der Waals surface area contributed by atoms with Gasteiger partial charge in [0, 0.05) is 16.4 Å². The minimum absolute atomic E-state index is 0.127. The fourth-order valence-corrected chi connectivity index (χ4v) is 2.47.